The number of amides is 1. The van der Waals surface area contributed by atoms with E-state index in [2.05, 4.69) is 22.1 Å². The van der Waals surface area contributed by atoms with Crippen molar-refractivity contribution in [2.75, 3.05) is 6.54 Å². The van der Waals surface area contributed by atoms with E-state index in [1.165, 1.54) is 0 Å². The molecule has 1 heterocycles. The zero-order chi connectivity index (χ0) is 16.5. The molecule has 4 heteroatoms. The van der Waals surface area contributed by atoms with E-state index >= 15 is 0 Å². The molecule has 1 amide bonds. The molecule has 2 aromatic rings. The van der Waals surface area contributed by atoms with Crippen molar-refractivity contribution in [1.82, 2.24) is 10.3 Å². The lowest BCUT2D eigenvalue weighted by molar-refractivity contribution is 0.140. The van der Waals surface area contributed by atoms with Gasteiger partial charge in [0.15, 0.2) is 0 Å². The zero-order valence-electron chi connectivity index (χ0n) is 13.4. The van der Waals surface area contributed by atoms with Gasteiger partial charge in [-0.3, -0.25) is 4.98 Å². The summed E-state index contributed by atoms with van der Waals surface area (Å²) in [6.45, 7) is 4.62. The van der Waals surface area contributed by atoms with E-state index in [4.69, 9.17) is 4.74 Å². The molecule has 2 rings (SSSR count). The first-order chi connectivity index (χ1) is 11.1. The molecule has 0 unspecified atom stereocenters. The number of nitrogens with one attached hydrogen (secondary N) is 1. The second-order valence-corrected chi connectivity index (χ2v) is 5.13. The van der Waals surface area contributed by atoms with Gasteiger partial charge < -0.3 is 10.1 Å². The fourth-order valence-electron chi connectivity index (χ4n) is 1.98. The average Bonchev–Trinajstić information content (AvgIpc) is 2.55. The van der Waals surface area contributed by atoms with Gasteiger partial charge in [-0.05, 0) is 31.5 Å². The number of aromatic nitrogens is 1. The van der Waals surface area contributed by atoms with Gasteiger partial charge in [-0.1, -0.05) is 42.2 Å². The lowest BCUT2D eigenvalue weighted by Gasteiger charge is -2.05. The van der Waals surface area contributed by atoms with Gasteiger partial charge in [-0.25, -0.2) is 4.79 Å². The summed E-state index contributed by atoms with van der Waals surface area (Å²) in [5.41, 5.74) is 3.79. The molecule has 23 heavy (non-hydrogen) atoms. The van der Waals surface area contributed by atoms with E-state index in [-0.39, 0.29) is 6.61 Å². The molecule has 4 nitrogen and oxygen atoms in total. The topological polar surface area (TPSA) is 51.2 Å². The number of alkyl carbamates (subject to hydrolysis) is 1. The molecule has 0 radical (unpaired) electrons. The molecule has 0 aliphatic carbocycles. The Balaban J connectivity index is 1.69. The molecule has 1 aromatic carbocycles. The van der Waals surface area contributed by atoms with Crippen LogP contribution in [0.25, 0.3) is 0 Å². The molecule has 0 aliphatic rings. The summed E-state index contributed by atoms with van der Waals surface area (Å²) in [7, 11) is 0. The summed E-state index contributed by atoms with van der Waals surface area (Å²) < 4.78 is 5.12. The zero-order valence-corrected chi connectivity index (χ0v) is 13.4. The first-order valence-electron chi connectivity index (χ1n) is 7.53. The Morgan fingerprint density at radius 2 is 1.96 bits per heavy atom. The van der Waals surface area contributed by atoms with Crippen LogP contribution in [0.4, 0.5) is 4.79 Å². The van der Waals surface area contributed by atoms with Crippen LogP contribution >= 0.6 is 0 Å². The maximum atomic E-state index is 11.5. The van der Waals surface area contributed by atoms with Crippen LogP contribution < -0.4 is 5.32 Å². The number of aryl methyl sites for hydroxylation is 2. The number of carbonyl (C=O) groups is 1. The first-order valence-corrected chi connectivity index (χ1v) is 7.53. The molecular weight excluding hydrogens is 288 g/mol. The van der Waals surface area contributed by atoms with Crippen molar-refractivity contribution in [2.24, 2.45) is 0 Å². The second-order valence-electron chi connectivity index (χ2n) is 5.13. The van der Waals surface area contributed by atoms with Crippen molar-refractivity contribution < 1.29 is 9.53 Å². The van der Waals surface area contributed by atoms with Crippen LogP contribution in [0, 0.1) is 25.7 Å². The van der Waals surface area contributed by atoms with Gasteiger partial charge in [0, 0.05) is 24.2 Å². The predicted molar refractivity (Wildman–Crippen MR) is 89.8 cm³/mol. The van der Waals surface area contributed by atoms with Crippen LogP contribution in [-0.2, 0) is 11.3 Å². The Labute approximate surface area is 136 Å². The van der Waals surface area contributed by atoms with E-state index in [1.54, 1.807) is 0 Å². The smallest absolute Gasteiger partial charge is 0.407 e. The summed E-state index contributed by atoms with van der Waals surface area (Å²) in [6, 6.07) is 13.5. The van der Waals surface area contributed by atoms with Gasteiger partial charge in [0.2, 0.25) is 0 Å². The molecule has 118 valence electrons. The van der Waals surface area contributed by atoms with Crippen LogP contribution in [0.5, 0.6) is 0 Å². The molecule has 0 saturated carbocycles. The highest BCUT2D eigenvalue weighted by Gasteiger charge is 2.00. The number of rotatable bonds is 4. The maximum Gasteiger partial charge on any atom is 0.407 e. The van der Waals surface area contributed by atoms with Crippen LogP contribution in [0.1, 0.15) is 28.9 Å². The fraction of sp³-hybridized carbons (Fsp3) is 0.263. The summed E-state index contributed by atoms with van der Waals surface area (Å²) >= 11 is 0. The van der Waals surface area contributed by atoms with Crippen LogP contribution in [0.2, 0.25) is 0 Å². The van der Waals surface area contributed by atoms with Crippen molar-refractivity contribution in [3.8, 4) is 11.8 Å². The molecule has 0 bridgehead atoms. The summed E-state index contributed by atoms with van der Waals surface area (Å²) in [5, 5.41) is 2.68. The standard InChI is InChI=1S/C19H20N2O2/c1-15-11-12-18(16(2)21-15)10-6-7-13-20-19(22)23-14-17-8-4-3-5-9-17/h3-5,8-9,11-12H,7,13-14H2,1-2H3,(H,20,22). The second kappa shape index (κ2) is 8.60. The minimum absolute atomic E-state index is 0.270. The van der Waals surface area contributed by atoms with Gasteiger partial charge in [-0.2, -0.15) is 0 Å². The van der Waals surface area contributed by atoms with E-state index < -0.39 is 6.09 Å². The number of nitrogens with zero attached hydrogens (tertiary/aromatic N) is 1. The van der Waals surface area contributed by atoms with E-state index in [0.717, 1.165) is 22.5 Å². The van der Waals surface area contributed by atoms with Gasteiger partial charge in [0.25, 0.3) is 0 Å². The van der Waals surface area contributed by atoms with Gasteiger partial charge in [0.05, 0.1) is 5.69 Å². The predicted octanol–water partition coefficient (Wildman–Crippen LogP) is 3.37. The number of ether oxygens (including phenoxy) is 1. The van der Waals surface area contributed by atoms with Gasteiger partial charge in [-0.15, -0.1) is 0 Å². The van der Waals surface area contributed by atoms with Crippen molar-refractivity contribution in [3.63, 3.8) is 0 Å². The monoisotopic (exact) mass is 308 g/mol. The average molecular weight is 308 g/mol. The minimum atomic E-state index is -0.427. The normalized spacial score (nSPS) is 9.65. The Kier molecular flexibility index (Phi) is 6.19. The Morgan fingerprint density at radius 3 is 2.70 bits per heavy atom. The third kappa shape index (κ3) is 5.84. The lowest BCUT2D eigenvalue weighted by atomic mass is 10.2. The lowest BCUT2D eigenvalue weighted by Crippen LogP contribution is -2.24. The highest BCUT2D eigenvalue weighted by molar-refractivity contribution is 5.67. The Morgan fingerprint density at radius 1 is 1.17 bits per heavy atom. The van der Waals surface area contributed by atoms with Crippen LogP contribution in [-0.4, -0.2) is 17.6 Å². The van der Waals surface area contributed by atoms with Crippen molar-refractivity contribution in [1.29, 1.82) is 0 Å². The van der Waals surface area contributed by atoms with Crippen LogP contribution in [0.3, 0.4) is 0 Å². The SMILES string of the molecule is Cc1ccc(C#CCCNC(=O)OCc2ccccc2)c(C)n1. The summed E-state index contributed by atoms with van der Waals surface area (Å²) in [5.74, 6) is 6.10. The Hall–Kier alpha value is -2.80. The van der Waals surface area contributed by atoms with E-state index in [1.807, 2.05) is 56.3 Å². The maximum absolute atomic E-state index is 11.5. The number of hydrogen-bond donors (Lipinski definition) is 1. The number of benzene rings is 1. The molecule has 0 fully saturated rings. The molecule has 1 N–H and O–H groups in total. The molecule has 0 atom stereocenters. The van der Waals surface area contributed by atoms with Gasteiger partial charge in [0.1, 0.15) is 6.61 Å². The Bertz CT molecular complexity index is 715. The molecule has 0 saturated heterocycles. The van der Waals surface area contributed by atoms with Crippen molar-refractivity contribution in [2.45, 2.75) is 26.9 Å². The largest absolute Gasteiger partial charge is 0.445 e. The summed E-state index contributed by atoms with van der Waals surface area (Å²) in [6.07, 6.45) is 0.136. The minimum Gasteiger partial charge on any atom is -0.445 e. The van der Waals surface area contributed by atoms with Crippen molar-refractivity contribution in [3.05, 3.63) is 65.0 Å². The van der Waals surface area contributed by atoms with Crippen LogP contribution in [0.15, 0.2) is 42.5 Å². The number of carbonyl (C=O) groups excluding carboxylic acids is 1. The fourth-order valence-corrected chi connectivity index (χ4v) is 1.98. The quantitative estimate of drug-likeness (QED) is 0.696. The van der Waals surface area contributed by atoms with Crippen molar-refractivity contribution >= 4 is 6.09 Å². The number of pyridine rings is 1. The third-order valence-corrected chi connectivity index (χ3v) is 3.18. The first kappa shape index (κ1) is 16.6. The highest BCUT2D eigenvalue weighted by Crippen LogP contribution is 2.04. The summed E-state index contributed by atoms with van der Waals surface area (Å²) in [4.78, 5) is 15.9. The highest BCUT2D eigenvalue weighted by atomic mass is 16.5. The molecule has 1 aromatic heterocycles. The number of hydrogen-bond acceptors (Lipinski definition) is 3. The molecular formula is C19H20N2O2. The van der Waals surface area contributed by atoms with E-state index in [9.17, 15) is 4.79 Å². The van der Waals surface area contributed by atoms with Gasteiger partial charge >= 0.3 is 6.09 Å². The molecule has 0 spiro atoms. The molecule has 0 aliphatic heterocycles. The third-order valence-electron chi connectivity index (χ3n) is 3.18. The van der Waals surface area contributed by atoms with E-state index in [0.29, 0.717) is 13.0 Å².